The van der Waals surface area contributed by atoms with E-state index in [2.05, 4.69) is 49.7 Å². The maximum Gasteiger partial charge on any atom is 0.00660 e. The number of alkyl halides is 1. The maximum atomic E-state index is 3.42. The molecule has 0 saturated heterocycles. The maximum absolute atomic E-state index is 3.42. The zero-order valence-electron chi connectivity index (χ0n) is 8.78. The van der Waals surface area contributed by atoms with E-state index in [4.69, 9.17) is 0 Å². The molecule has 0 aromatic rings. The van der Waals surface area contributed by atoms with Gasteiger partial charge in [-0.25, -0.2) is 0 Å². The van der Waals surface area contributed by atoms with Crippen molar-refractivity contribution >= 4 is 15.9 Å². The van der Waals surface area contributed by atoms with Gasteiger partial charge < -0.3 is 0 Å². The minimum absolute atomic E-state index is 0.476. The minimum atomic E-state index is 0.476. The number of hydrogen-bond acceptors (Lipinski definition) is 0. The normalized spacial score (nSPS) is 13.6. The summed E-state index contributed by atoms with van der Waals surface area (Å²) in [6.45, 7) is 9.12. The first-order valence-electron chi connectivity index (χ1n) is 4.67. The summed E-state index contributed by atoms with van der Waals surface area (Å²) >= 11 is 3.42. The second kappa shape index (κ2) is 5.80. The number of allylic oxidation sites excluding steroid dienone is 2. The molecule has 0 bridgehead atoms. The van der Waals surface area contributed by atoms with Crippen molar-refractivity contribution in [3.05, 3.63) is 11.6 Å². The van der Waals surface area contributed by atoms with Crippen LogP contribution < -0.4 is 0 Å². The minimum Gasteiger partial charge on any atom is -0.0925 e. The van der Waals surface area contributed by atoms with Crippen molar-refractivity contribution in [2.75, 3.05) is 5.33 Å². The molecule has 12 heavy (non-hydrogen) atoms. The van der Waals surface area contributed by atoms with Crippen LogP contribution >= 0.6 is 15.9 Å². The van der Waals surface area contributed by atoms with Gasteiger partial charge in [0.1, 0.15) is 0 Å². The highest BCUT2D eigenvalue weighted by Gasteiger charge is 2.09. The molecule has 1 heteroatoms. The molecule has 72 valence electrons. The molecule has 0 rings (SSSR count). The van der Waals surface area contributed by atoms with Crippen molar-refractivity contribution in [1.82, 2.24) is 0 Å². The van der Waals surface area contributed by atoms with E-state index in [1.54, 1.807) is 0 Å². The molecule has 0 aromatic heterocycles. The van der Waals surface area contributed by atoms with Crippen LogP contribution in [0.5, 0.6) is 0 Å². The molecule has 0 heterocycles. The van der Waals surface area contributed by atoms with E-state index in [9.17, 15) is 0 Å². The second-order valence-electron chi connectivity index (χ2n) is 4.59. The van der Waals surface area contributed by atoms with Crippen LogP contribution in [0.25, 0.3) is 0 Å². The Hall–Kier alpha value is 0.220. The largest absolute Gasteiger partial charge is 0.0925 e. The van der Waals surface area contributed by atoms with Gasteiger partial charge in [0, 0.05) is 5.33 Å². The van der Waals surface area contributed by atoms with Crippen LogP contribution in [0.1, 0.15) is 47.0 Å². The smallest absolute Gasteiger partial charge is 0.00660 e. The number of rotatable bonds is 4. The SMILES string of the molecule is CC(=CCCBr)CCC(C)(C)C. The molecule has 0 atom stereocenters. The summed E-state index contributed by atoms with van der Waals surface area (Å²) in [6.07, 6.45) is 6.03. The first kappa shape index (κ1) is 12.2. The average Bonchev–Trinajstić information content (AvgIpc) is 1.95. The number of halogens is 1. The van der Waals surface area contributed by atoms with Crippen LogP contribution in [0.3, 0.4) is 0 Å². The van der Waals surface area contributed by atoms with Gasteiger partial charge in [-0.05, 0) is 31.6 Å². The molecule has 0 aliphatic heterocycles. The fourth-order valence-electron chi connectivity index (χ4n) is 0.975. The van der Waals surface area contributed by atoms with E-state index in [1.807, 2.05) is 0 Å². The van der Waals surface area contributed by atoms with Crippen LogP contribution in [0.2, 0.25) is 0 Å². The second-order valence-corrected chi connectivity index (χ2v) is 5.38. The van der Waals surface area contributed by atoms with Crippen LogP contribution in [0.4, 0.5) is 0 Å². The van der Waals surface area contributed by atoms with Gasteiger partial charge in [-0.2, -0.15) is 0 Å². The van der Waals surface area contributed by atoms with Gasteiger partial charge in [0.05, 0.1) is 0 Å². The van der Waals surface area contributed by atoms with E-state index in [-0.39, 0.29) is 0 Å². The zero-order chi connectivity index (χ0) is 9.61. The molecule has 0 radical (unpaired) electrons. The highest BCUT2D eigenvalue weighted by atomic mass is 79.9. The summed E-state index contributed by atoms with van der Waals surface area (Å²) in [6, 6.07) is 0. The van der Waals surface area contributed by atoms with Crippen LogP contribution in [-0.4, -0.2) is 5.33 Å². The Balaban J connectivity index is 3.63. The summed E-state index contributed by atoms with van der Waals surface area (Å²) in [4.78, 5) is 0. The Morgan fingerprint density at radius 3 is 2.33 bits per heavy atom. The Kier molecular flexibility index (Phi) is 5.90. The third kappa shape index (κ3) is 8.32. The quantitative estimate of drug-likeness (QED) is 0.493. The van der Waals surface area contributed by atoms with Crippen LogP contribution in [0.15, 0.2) is 11.6 Å². The van der Waals surface area contributed by atoms with Gasteiger partial charge in [0.15, 0.2) is 0 Å². The first-order chi connectivity index (χ1) is 5.45. The van der Waals surface area contributed by atoms with E-state index < -0.39 is 0 Å². The molecule has 0 aliphatic rings. The van der Waals surface area contributed by atoms with Crippen molar-refractivity contribution in [2.24, 2.45) is 5.41 Å². The van der Waals surface area contributed by atoms with Gasteiger partial charge in [-0.1, -0.05) is 48.4 Å². The van der Waals surface area contributed by atoms with Crippen molar-refractivity contribution in [2.45, 2.75) is 47.0 Å². The molecule has 0 nitrogen and oxygen atoms in total. The van der Waals surface area contributed by atoms with Gasteiger partial charge in [0.2, 0.25) is 0 Å². The summed E-state index contributed by atoms with van der Waals surface area (Å²) in [5.41, 5.74) is 2.01. The molecule has 0 unspecified atom stereocenters. The fraction of sp³-hybridized carbons (Fsp3) is 0.818. The molecule has 0 fully saturated rings. The zero-order valence-corrected chi connectivity index (χ0v) is 10.4. The summed E-state index contributed by atoms with van der Waals surface area (Å²) < 4.78 is 0. The average molecular weight is 233 g/mol. The van der Waals surface area contributed by atoms with Gasteiger partial charge in [-0.3, -0.25) is 0 Å². The van der Waals surface area contributed by atoms with Crippen molar-refractivity contribution < 1.29 is 0 Å². The van der Waals surface area contributed by atoms with E-state index in [0.29, 0.717) is 5.41 Å². The highest BCUT2D eigenvalue weighted by Crippen LogP contribution is 2.23. The van der Waals surface area contributed by atoms with Gasteiger partial charge in [0.25, 0.3) is 0 Å². The standard InChI is InChI=1S/C11H21Br/c1-10(6-5-9-12)7-8-11(2,3)4/h6H,5,7-9H2,1-4H3. The van der Waals surface area contributed by atoms with Gasteiger partial charge in [-0.15, -0.1) is 0 Å². The van der Waals surface area contributed by atoms with E-state index >= 15 is 0 Å². The van der Waals surface area contributed by atoms with Crippen molar-refractivity contribution in [3.8, 4) is 0 Å². The van der Waals surface area contributed by atoms with E-state index in [0.717, 1.165) is 11.8 Å². The lowest BCUT2D eigenvalue weighted by Gasteiger charge is -2.17. The molecule has 0 N–H and O–H groups in total. The summed E-state index contributed by atoms with van der Waals surface area (Å²) in [5, 5.41) is 1.08. The van der Waals surface area contributed by atoms with Gasteiger partial charge >= 0.3 is 0 Å². The Bertz CT molecular complexity index is 140. The molecule has 0 aromatic carbocycles. The fourth-order valence-corrected chi connectivity index (χ4v) is 1.20. The van der Waals surface area contributed by atoms with Crippen molar-refractivity contribution in [3.63, 3.8) is 0 Å². The third-order valence-corrected chi connectivity index (χ3v) is 2.33. The topological polar surface area (TPSA) is 0 Å². The predicted octanol–water partition coefficient (Wildman–Crippen LogP) is 4.54. The Morgan fingerprint density at radius 1 is 1.33 bits per heavy atom. The predicted molar refractivity (Wildman–Crippen MR) is 60.9 cm³/mol. The third-order valence-electron chi connectivity index (χ3n) is 1.87. The molecule has 0 aliphatic carbocycles. The van der Waals surface area contributed by atoms with Crippen molar-refractivity contribution in [1.29, 1.82) is 0 Å². The summed E-state index contributed by atoms with van der Waals surface area (Å²) in [5.74, 6) is 0. The molecule has 0 saturated carbocycles. The molecule has 0 amide bonds. The Morgan fingerprint density at radius 2 is 1.92 bits per heavy atom. The first-order valence-corrected chi connectivity index (χ1v) is 5.79. The van der Waals surface area contributed by atoms with Crippen LogP contribution in [0, 0.1) is 5.41 Å². The molecule has 0 spiro atoms. The number of hydrogen-bond donors (Lipinski definition) is 0. The lowest BCUT2D eigenvalue weighted by Crippen LogP contribution is -2.04. The summed E-state index contributed by atoms with van der Waals surface area (Å²) in [7, 11) is 0. The lowest BCUT2D eigenvalue weighted by molar-refractivity contribution is 0.377. The Labute approximate surface area is 85.6 Å². The highest BCUT2D eigenvalue weighted by molar-refractivity contribution is 9.09. The van der Waals surface area contributed by atoms with Crippen LogP contribution in [-0.2, 0) is 0 Å². The molecular weight excluding hydrogens is 212 g/mol. The van der Waals surface area contributed by atoms with E-state index in [1.165, 1.54) is 18.4 Å². The molecular formula is C11H21Br. The lowest BCUT2D eigenvalue weighted by atomic mass is 9.89. The monoisotopic (exact) mass is 232 g/mol.